The molecule has 28 heavy (non-hydrogen) atoms. The van der Waals surface area contributed by atoms with Gasteiger partial charge in [0.2, 0.25) is 0 Å². The molecule has 0 radical (unpaired) electrons. The first-order valence-electron chi connectivity index (χ1n) is 8.40. The molecule has 0 aliphatic rings. The molecule has 1 amide bonds. The molecule has 4 rings (SSSR count). The van der Waals surface area contributed by atoms with Crippen molar-refractivity contribution in [2.24, 2.45) is 7.05 Å². The van der Waals surface area contributed by atoms with Crippen molar-refractivity contribution in [2.75, 3.05) is 12.0 Å². The number of aromatic nitrogens is 4. The number of aryl methyl sites for hydroxylation is 1. The van der Waals surface area contributed by atoms with Gasteiger partial charge in [0.1, 0.15) is 11.3 Å². The first-order valence-corrected chi connectivity index (χ1v) is 9.60. The quantitative estimate of drug-likeness (QED) is 0.495. The molecular weight excluding hydrogens is 398 g/mol. The molecule has 0 saturated heterocycles. The third-order valence-electron chi connectivity index (χ3n) is 4.20. The van der Waals surface area contributed by atoms with E-state index < -0.39 is 0 Å². The largest absolute Gasteiger partial charge is 0.494 e. The summed E-state index contributed by atoms with van der Waals surface area (Å²) < 4.78 is 7.83. The Balaban J connectivity index is 1.83. The van der Waals surface area contributed by atoms with Gasteiger partial charge in [0.25, 0.3) is 5.91 Å². The lowest BCUT2D eigenvalue weighted by Crippen LogP contribution is -2.32. The van der Waals surface area contributed by atoms with Crippen molar-refractivity contribution < 1.29 is 9.53 Å². The number of hydrogen-bond acceptors (Lipinski definition) is 6. The van der Waals surface area contributed by atoms with Crippen LogP contribution in [0.5, 0.6) is 5.75 Å². The number of hydrogen-bond donors (Lipinski definition) is 0. The number of nitrogens with zero attached hydrogens (tertiary/aromatic N) is 5. The molecule has 4 aromatic rings. The third kappa shape index (κ3) is 3.32. The second-order valence-electron chi connectivity index (χ2n) is 6.00. The fourth-order valence-electron chi connectivity index (χ4n) is 2.79. The number of rotatable bonds is 5. The number of fused-ring (bicyclic) bond motifs is 1. The number of carbonyl (C=O) groups is 1. The van der Waals surface area contributed by atoms with Gasteiger partial charge in [-0.1, -0.05) is 29.0 Å². The van der Waals surface area contributed by atoms with Crippen LogP contribution in [0.3, 0.4) is 0 Å². The number of benzene rings is 1. The van der Waals surface area contributed by atoms with Gasteiger partial charge in [-0.25, -0.2) is 9.97 Å². The SMILES string of the molecule is COc1ccc(Cl)c2sc(N(Cc3ccccn3)C(=O)c3nccn3C)nc12. The van der Waals surface area contributed by atoms with Crippen LogP contribution in [0.1, 0.15) is 16.3 Å². The third-order valence-corrected chi connectivity index (χ3v) is 5.74. The Bertz CT molecular complexity index is 1140. The van der Waals surface area contributed by atoms with Crippen LogP contribution in [0.25, 0.3) is 10.2 Å². The highest BCUT2D eigenvalue weighted by Gasteiger charge is 2.26. The van der Waals surface area contributed by atoms with E-state index in [0.717, 1.165) is 10.4 Å². The first kappa shape index (κ1) is 18.4. The van der Waals surface area contributed by atoms with Crippen molar-refractivity contribution in [3.63, 3.8) is 0 Å². The number of halogens is 1. The molecule has 142 valence electrons. The monoisotopic (exact) mass is 413 g/mol. The molecule has 3 aromatic heterocycles. The zero-order chi connectivity index (χ0) is 19.7. The second kappa shape index (κ2) is 7.57. The van der Waals surface area contributed by atoms with Gasteiger partial charge in [-0.05, 0) is 24.3 Å². The number of methoxy groups -OCH3 is 1. The summed E-state index contributed by atoms with van der Waals surface area (Å²) in [4.78, 5) is 28.0. The maximum Gasteiger partial charge on any atom is 0.296 e. The number of ether oxygens (including phenoxy) is 1. The van der Waals surface area contributed by atoms with Crippen molar-refractivity contribution in [3.05, 3.63) is 65.5 Å². The van der Waals surface area contributed by atoms with Crippen LogP contribution in [0, 0.1) is 0 Å². The predicted octanol–water partition coefficient (Wildman–Crippen LogP) is 3.93. The number of amides is 1. The zero-order valence-electron chi connectivity index (χ0n) is 15.2. The normalized spacial score (nSPS) is 11.0. The van der Waals surface area contributed by atoms with Gasteiger partial charge in [0.05, 0.1) is 29.1 Å². The lowest BCUT2D eigenvalue weighted by atomic mass is 10.3. The Morgan fingerprint density at radius 2 is 2.11 bits per heavy atom. The summed E-state index contributed by atoms with van der Waals surface area (Å²) in [5.41, 5.74) is 1.36. The summed E-state index contributed by atoms with van der Waals surface area (Å²) in [5.74, 6) is 0.643. The van der Waals surface area contributed by atoms with Crippen LogP contribution in [0.2, 0.25) is 5.02 Å². The number of anilines is 1. The first-order chi connectivity index (χ1) is 13.6. The van der Waals surface area contributed by atoms with Crippen LogP contribution in [0.4, 0.5) is 5.13 Å². The van der Waals surface area contributed by atoms with Crippen molar-refractivity contribution in [1.29, 1.82) is 0 Å². The van der Waals surface area contributed by atoms with Crippen LogP contribution in [-0.4, -0.2) is 32.5 Å². The molecule has 0 aliphatic heterocycles. The zero-order valence-corrected chi connectivity index (χ0v) is 16.7. The Labute approximate surface area is 170 Å². The average molecular weight is 414 g/mol. The second-order valence-corrected chi connectivity index (χ2v) is 7.38. The molecule has 1 aromatic carbocycles. The minimum Gasteiger partial charge on any atom is -0.494 e. The van der Waals surface area contributed by atoms with Crippen molar-refractivity contribution >= 4 is 44.2 Å². The summed E-state index contributed by atoms with van der Waals surface area (Å²) in [6, 6.07) is 9.09. The summed E-state index contributed by atoms with van der Waals surface area (Å²) in [7, 11) is 3.35. The smallest absolute Gasteiger partial charge is 0.296 e. The molecule has 0 aliphatic carbocycles. The minimum absolute atomic E-state index is 0.256. The van der Waals surface area contributed by atoms with E-state index >= 15 is 0 Å². The number of carbonyl (C=O) groups excluding carboxylic acids is 1. The Morgan fingerprint density at radius 1 is 1.25 bits per heavy atom. The Morgan fingerprint density at radius 3 is 2.79 bits per heavy atom. The highest BCUT2D eigenvalue weighted by atomic mass is 35.5. The summed E-state index contributed by atoms with van der Waals surface area (Å²) in [6.07, 6.45) is 5.01. The minimum atomic E-state index is -0.271. The molecule has 0 spiro atoms. The fourth-order valence-corrected chi connectivity index (χ4v) is 4.05. The van der Waals surface area contributed by atoms with Crippen LogP contribution in [-0.2, 0) is 13.6 Å². The molecule has 0 unspecified atom stereocenters. The standard InChI is InChI=1S/C19H16ClN5O2S/c1-24-10-9-22-17(24)18(26)25(11-12-5-3-4-8-21-12)19-23-15-14(27-2)7-6-13(20)16(15)28-19/h3-10H,11H2,1-2H3. The number of imidazole rings is 1. The maximum absolute atomic E-state index is 13.3. The van der Waals surface area contributed by atoms with Gasteiger partial charge < -0.3 is 9.30 Å². The van der Waals surface area contributed by atoms with Gasteiger partial charge in [0, 0.05) is 25.6 Å². The highest BCUT2D eigenvalue weighted by Crippen LogP contribution is 2.39. The Hall–Kier alpha value is -2.97. The van der Waals surface area contributed by atoms with Crippen LogP contribution >= 0.6 is 22.9 Å². The maximum atomic E-state index is 13.3. The van der Waals surface area contributed by atoms with Gasteiger partial charge in [-0.2, -0.15) is 0 Å². The van der Waals surface area contributed by atoms with E-state index in [0.29, 0.717) is 27.2 Å². The molecule has 3 heterocycles. The van der Waals surface area contributed by atoms with E-state index in [1.165, 1.54) is 11.3 Å². The van der Waals surface area contributed by atoms with Crippen LogP contribution in [0.15, 0.2) is 48.9 Å². The van der Waals surface area contributed by atoms with E-state index in [9.17, 15) is 4.79 Å². The average Bonchev–Trinajstić information content (AvgIpc) is 3.34. The van der Waals surface area contributed by atoms with Gasteiger partial charge in [-0.3, -0.25) is 14.7 Å². The van der Waals surface area contributed by atoms with Crippen molar-refractivity contribution in [3.8, 4) is 5.75 Å². The van der Waals surface area contributed by atoms with E-state index in [1.807, 2.05) is 18.2 Å². The van der Waals surface area contributed by atoms with Gasteiger partial charge in [0.15, 0.2) is 11.0 Å². The van der Waals surface area contributed by atoms with Gasteiger partial charge in [-0.15, -0.1) is 0 Å². The molecule has 0 fully saturated rings. The summed E-state index contributed by atoms with van der Waals surface area (Å²) in [6.45, 7) is 0.256. The molecule has 0 saturated carbocycles. The summed E-state index contributed by atoms with van der Waals surface area (Å²) in [5, 5.41) is 1.06. The lowest BCUT2D eigenvalue weighted by Gasteiger charge is -2.19. The van der Waals surface area contributed by atoms with E-state index in [1.54, 1.807) is 54.3 Å². The Kier molecular flexibility index (Phi) is 4.97. The molecular formula is C19H16ClN5O2S. The lowest BCUT2D eigenvalue weighted by molar-refractivity contribution is 0.0972. The molecule has 0 atom stereocenters. The topological polar surface area (TPSA) is 73.1 Å². The highest BCUT2D eigenvalue weighted by molar-refractivity contribution is 7.23. The van der Waals surface area contributed by atoms with Crippen molar-refractivity contribution in [1.82, 2.24) is 19.5 Å². The predicted molar refractivity (Wildman–Crippen MR) is 109 cm³/mol. The van der Waals surface area contributed by atoms with E-state index in [-0.39, 0.29) is 12.5 Å². The molecule has 9 heteroatoms. The van der Waals surface area contributed by atoms with E-state index in [4.69, 9.17) is 16.3 Å². The summed E-state index contributed by atoms with van der Waals surface area (Å²) >= 11 is 7.68. The number of thiazole rings is 1. The molecule has 7 nitrogen and oxygen atoms in total. The molecule has 0 bridgehead atoms. The van der Waals surface area contributed by atoms with Gasteiger partial charge >= 0.3 is 0 Å². The molecule has 0 N–H and O–H groups in total. The fraction of sp³-hybridized carbons (Fsp3) is 0.158. The van der Waals surface area contributed by atoms with E-state index in [2.05, 4.69) is 15.0 Å². The number of pyridine rings is 1. The van der Waals surface area contributed by atoms with Crippen LogP contribution < -0.4 is 9.64 Å². The van der Waals surface area contributed by atoms with Crippen molar-refractivity contribution in [2.45, 2.75) is 6.54 Å².